The highest BCUT2D eigenvalue weighted by atomic mass is 16.5. The van der Waals surface area contributed by atoms with Gasteiger partial charge in [-0.15, -0.1) is 0 Å². The second-order valence-electron chi connectivity index (χ2n) is 6.42. The fraction of sp³-hybridized carbons (Fsp3) is 0.444. The van der Waals surface area contributed by atoms with Crippen LogP contribution in [-0.4, -0.2) is 12.6 Å². The SMILES string of the molecule is CC(CNCc1ccco1)Oc1cccc(C(C)(C)C)c1. The van der Waals surface area contributed by atoms with Gasteiger partial charge in [0.25, 0.3) is 0 Å². The van der Waals surface area contributed by atoms with Crippen molar-refractivity contribution in [2.45, 2.75) is 45.8 Å². The van der Waals surface area contributed by atoms with Crippen LogP contribution in [0.3, 0.4) is 0 Å². The minimum absolute atomic E-state index is 0.107. The van der Waals surface area contributed by atoms with Crippen molar-refractivity contribution in [2.75, 3.05) is 6.54 Å². The van der Waals surface area contributed by atoms with Crippen molar-refractivity contribution in [3.63, 3.8) is 0 Å². The third-order valence-corrected chi connectivity index (χ3v) is 3.35. The van der Waals surface area contributed by atoms with E-state index in [0.717, 1.165) is 24.6 Å². The summed E-state index contributed by atoms with van der Waals surface area (Å²) in [5, 5.41) is 3.33. The van der Waals surface area contributed by atoms with Crippen molar-refractivity contribution in [1.82, 2.24) is 5.32 Å². The summed E-state index contributed by atoms with van der Waals surface area (Å²) in [6, 6.07) is 12.2. The van der Waals surface area contributed by atoms with E-state index in [2.05, 4.69) is 51.2 Å². The zero-order valence-electron chi connectivity index (χ0n) is 13.3. The first kappa shape index (κ1) is 15.6. The predicted molar refractivity (Wildman–Crippen MR) is 85.6 cm³/mol. The Morgan fingerprint density at radius 3 is 2.67 bits per heavy atom. The monoisotopic (exact) mass is 287 g/mol. The molecule has 0 aliphatic rings. The van der Waals surface area contributed by atoms with Crippen LogP contribution in [-0.2, 0) is 12.0 Å². The molecule has 1 aromatic carbocycles. The van der Waals surface area contributed by atoms with Crippen LogP contribution in [0.2, 0.25) is 0 Å². The molecule has 0 aliphatic heterocycles. The molecule has 0 amide bonds. The molecule has 21 heavy (non-hydrogen) atoms. The summed E-state index contributed by atoms with van der Waals surface area (Å²) in [5.41, 5.74) is 1.43. The molecule has 0 saturated heterocycles. The van der Waals surface area contributed by atoms with E-state index in [9.17, 15) is 0 Å². The lowest BCUT2D eigenvalue weighted by atomic mass is 9.87. The molecule has 0 aliphatic carbocycles. The van der Waals surface area contributed by atoms with Crippen LogP contribution in [0.5, 0.6) is 5.75 Å². The molecule has 2 aromatic rings. The Bertz CT molecular complexity index is 541. The van der Waals surface area contributed by atoms with Crippen molar-refractivity contribution >= 4 is 0 Å². The fourth-order valence-corrected chi connectivity index (χ4v) is 2.12. The molecule has 2 rings (SSSR count). The van der Waals surface area contributed by atoms with Gasteiger partial charge < -0.3 is 14.5 Å². The third kappa shape index (κ3) is 4.94. The maximum atomic E-state index is 5.98. The Balaban J connectivity index is 1.83. The van der Waals surface area contributed by atoms with Gasteiger partial charge >= 0.3 is 0 Å². The van der Waals surface area contributed by atoms with Crippen molar-refractivity contribution in [2.24, 2.45) is 0 Å². The molecule has 0 spiro atoms. The highest BCUT2D eigenvalue weighted by molar-refractivity contribution is 5.32. The number of furan rings is 1. The summed E-state index contributed by atoms with van der Waals surface area (Å²) in [7, 11) is 0. The fourth-order valence-electron chi connectivity index (χ4n) is 2.12. The van der Waals surface area contributed by atoms with E-state index in [1.54, 1.807) is 6.26 Å². The van der Waals surface area contributed by atoms with Gasteiger partial charge in [0, 0.05) is 6.54 Å². The zero-order chi connectivity index (χ0) is 15.3. The van der Waals surface area contributed by atoms with E-state index < -0.39 is 0 Å². The quantitative estimate of drug-likeness (QED) is 0.867. The van der Waals surface area contributed by atoms with Crippen LogP contribution in [0.4, 0.5) is 0 Å². The van der Waals surface area contributed by atoms with E-state index in [4.69, 9.17) is 9.15 Å². The number of nitrogens with one attached hydrogen (secondary N) is 1. The van der Waals surface area contributed by atoms with E-state index in [0.29, 0.717) is 0 Å². The predicted octanol–water partition coefficient (Wildman–Crippen LogP) is 4.13. The first-order chi connectivity index (χ1) is 9.95. The highest BCUT2D eigenvalue weighted by Gasteiger charge is 2.14. The van der Waals surface area contributed by atoms with E-state index in [1.165, 1.54) is 5.56 Å². The Labute approximate surface area is 127 Å². The van der Waals surface area contributed by atoms with Crippen LogP contribution in [0.15, 0.2) is 47.1 Å². The maximum Gasteiger partial charge on any atom is 0.120 e. The van der Waals surface area contributed by atoms with E-state index in [-0.39, 0.29) is 11.5 Å². The second-order valence-corrected chi connectivity index (χ2v) is 6.42. The average molecular weight is 287 g/mol. The largest absolute Gasteiger partial charge is 0.489 e. The van der Waals surface area contributed by atoms with Gasteiger partial charge in [0.05, 0.1) is 12.8 Å². The summed E-state index contributed by atoms with van der Waals surface area (Å²) in [5.74, 6) is 1.87. The molecule has 0 fully saturated rings. The first-order valence-corrected chi connectivity index (χ1v) is 7.45. The number of hydrogen-bond acceptors (Lipinski definition) is 3. The lowest BCUT2D eigenvalue weighted by Gasteiger charge is -2.21. The second kappa shape index (κ2) is 6.81. The molecule has 1 aromatic heterocycles. The molecule has 3 nitrogen and oxygen atoms in total. The maximum absolute atomic E-state index is 5.98. The molecule has 0 radical (unpaired) electrons. The van der Waals surface area contributed by atoms with Gasteiger partial charge in [0.15, 0.2) is 0 Å². The number of ether oxygens (including phenoxy) is 1. The van der Waals surface area contributed by atoms with Gasteiger partial charge in [-0.3, -0.25) is 0 Å². The minimum atomic E-state index is 0.107. The van der Waals surface area contributed by atoms with Gasteiger partial charge in [-0.2, -0.15) is 0 Å². The van der Waals surface area contributed by atoms with Crippen molar-refractivity contribution in [3.05, 3.63) is 54.0 Å². The van der Waals surface area contributed by atoms with Gasteiger partial charge in [-0.1, -0.05) is 32.9 Å². The Morgan fingerprint density at radius 1 is 1.19 bits per heavy atom. The van der Waals surface area contributed by atoms with Crippen molar-refractivity contribution in [3.8, 4) is 5.75 Å². The van der Waals surface area contributed by atoms with Gasteiger partial charge in [0.2, 0.25) is 0 Å². The van der Waals surface area contributed by atoms with E-state index >= 15 is 0 Å². The Kier molecular flexibility index (Phi) is 5.07. The smallest absolute Gasteiger partial charge is 0.120 e. The summed E-state index contributed by atoms with van der Waals surface area (Å²) >= 11 is 0. The molecule has 3 heteroatoms. The van der Waals surface area contributed by atoms with Gasteiger partial charge in [0.1, 0.15) is 17.6 Å². The normalized spacial score (nSPS) is 13.1. The molecule has 0 saturated carbocycles. The van der Waals surface area contributed by atoms with Gasteiger partial charge in [-0.25, -0.2) is 0 Å². The molecule has 114 valence electrons. The molecule has 1 unspecified atom stereocenters. The molecule has 1 atom stereocenters. The molecule has 1 N–H and O–H groups in total. The van der Waals surface area contributed by atoms with Crippen LogP contribution in [0.25, 0.3) is 0 Å². The number of benzene rings is 1. The first-order valence-electron chi connectivity index (χ1n) is 7.45. The summed E-state index contributed by atoms with van der Waals surface area (Å²) in [4.78, 5) is 0. The Morgan fingerprint density at radius 2 is 2.00 bits per heavy atom. The molecular weight excluding hydrogens is 262 g/mol. The molecule has 0 bridgehead atoms. The summed E-state index contributed by atoms with van der Waals surface area (Å²) in [6.45, 7) is 10.2. The topological polar surface area (TPSA) is 34.4 Å². The van der Waals surface area contributed by atoms with Crippen LogP contribution < -0.4 is 10.1 Å². The zero-order valence-corrected chi connectivity index (χ0v) is 13.3. The average Bonchev–Trinajstić information content (AvgIpc) is 2.91. The van der Waals surface area contributed by atoms with Crippen molar-refractivity contribution in [1.29, 1.82) is 0 Å². The van der Waals surface area contributed by atoms with E-state index in [1.807, 2.05) is 18.2 Å². The standard InChI is InChI=1S/C18H25NO2/c1-14(12-19-13-17-9-6-10-20-17)21-16-8-5-7-15(11-16)18(2,3)4/h5-11,14,19H,12-13H2,1-4H3. The lowest BCUT2D eigenvalue weighted by molar-refractivity contribution is 0.215. The lowest BCUT2D eigenvalue weighted by Crippen LogP contribution is -2.28. The van der Waals surface area contributed by atoms with Gasteiger partial charge in [-0.05, 0) is 42.2 Å². The number of hydrogen-bond donors (Lipinski definition) is 1. The minimum Gasteiger partial charge on any atom is -0.489 e. The van der Waals surface area contributed by atoms with Crippen LogP contribution >= 0.6 is 0 Å². The summed E-state index contributed by atoms with van der Waals surface area (Å²) < 4.78 is 11.3. The van der Waals surface area contributed by atoms with Crippen LogP contribution in [0.1, 0.15) is 39.0 Å². The molecule has 1 heterocycles. The number of rotatable bonds is 6. The molecular formula is C18H25NO2. The Hall–Kier alpha value is -1.74. The van der Waals surface area contributed by atoms with Crippen molar-refractivity contribution < 1.29 is 9.15 Å². The third-order valence-electron chi connectivity index (χ3n) is 3.35. The summed E-state index contributed by atoms with van der Waals surface area (Å²) in [6.07, 6.45) is 1.80. The van der Waals surface area contributed by atoms with Crippen LogP contribution in [0, 0.1) is 0 Å². The highest BCUT2D eigenvalue weighted by Crippen LogP contribution is 2.25.